The van der Waals surface area contributed by atoms with E-state index in [1.807, 2.05) is 46.0 Å². The third-order valence-electron chi connectivity index (χ3n) is 14.4. The highest BCUT2D eigenvalue weighted by Gasteiger charge is 2.39. The number of thiazole rings is 1. The number of halogens is 7. The Labute approximate surface area is 462 Å². The Kier molecular flexibility index (Phi) is 14.7. The van der Waals surface area contributed by atoms with Gasteiger partial charge in [-0.25, -0.2) is 14.1 Å². The van der Waals surface area contributed by atoms with Crippen LogP contribution in [-0.2, 0) is 25.4 Å². The van der Waals surface area contributed by atoms with E-state index in [1.54, 1.807) is 48.3 Å². The number of carbonyl (C=O) groups is 2. The number of allylic oxidation sites excluding steroid dienone is 1. The molecule has 2 amide bonds. The molecule has 11 rings (SSSR count). The summed E-state index contributed by atoms with van der Waals surface area (Å²) < 4.78 is 108. The molecule has 4 aromatic heterocycles. The third kappa shape index (κ3) is 11.4. The Bertz CT molecular complexity index is 3530. The molecule has 6 aromatic rings. The highest BCUT2D eigenvalue weighted by Crippen LogP contribution is 2.42. The molecule has 0 bridgehead atoms. The average molecular weight is 1140 g/mol. The minimum absolute atomic E-state index is 0.000123. The number of likely N-dealkylation sites (N-methyl/N-ethyl adjacent to an activating group) is 1. The molecule has 2 saturated heterocycles. The summed E-state index contributed by atoms with van der Waals surface area (Å²) in [6, 6.07) is 6.71. The predicted octanol–water partition coefficient (Wildman–Crippen LogP) is 8.29. The lowest BCUT2D eigenvalue weighted by Crippen LogP contribution is -2.45. The van der Waals surface area contributed by atoms with E-state index < -0.39 is 47.2 Å². The van der Waals surface area contributed by atoms with Crippen LogP contribution in [0, 0.1) is 12.7 Å². The fourth-order valence-corrected chi connectivity index (χ4v) is 10.7. The number of aliphatic imine (C=N–C) groups is 1. The standard InChI is InChI=1S/C53H52F7N17O3S/c1-30-23-75-45(40-26-76(69-67-40)42-14-32(19-62-31(42)2)50(78)65-35-13-34(24-72-7-5-6-8-72)49(80-4)38(17-35)53(58,59)60)21-64-47(75)28-74(30)25-39-43(77-27-41(68-70-77)46-22-61-29-81-46)15-33(20-63-39)51(79)66-36-16-37(52(55,56)57)48(54)44(18-36)73-11-9-71(3)10-12-73/h13-23,26-29,45,68,70H,5-12,24-25H2,1-4H3,(H,65,78)(H,66,79). The van der Waals surface area contributed by atoms with Crippen LogP contribution in [0.2, 0.25) is 0 Å². The van der Waals surface area contributed by atoms with Gasteiger partial charge in [-0.3, -0.25) is 34.4 Å². The molecule has 422 valence electrons. The first-order valence-electron chi connectivity index (χ1n) is 25.5. The highest BCUT2D eigenvalue weighted by atomic mass is 32.1. The maximum atomic E-state index is 15.5. The van der Waals surface area contributed by atoms with Crippen LogP contribution in [0.25, 0.3) is 11.4 Å². The number of likely N-dealkylation sites (tertiary alicyclic amines) is 1. The summed E-state index contributed by atoms with van der Waals surface area (Å²) >= 11 is 1.39. The summed E-state index contributed by atoms with van der Waals surface area (Å²) in [4.78, 5) is 55.9. The molecule has 2 aromatic carbocycles. The van der Waals surface area contributed by atoms with Crippen LogP contribution in [0.15, 0.2) is 102 Å². The summed E-state index contributed by atoms with van der Waals surface area (Å²) in [5.41, 5.74) is 8.82. The zero-order chi connectivity index (χ0) is 56.9. The maximum Gasteiger partial charge on any atom is 0.420 e. The molecule has 5 aliphatic rings. The fraction of sp³-hybridized carbons (Fsp3) is 0.321. The molecule has 0 saturated carbocycles. The van der Waals surface area contributed by atoms with Crippen LogP contribution < -0.4 is 36.2 Å². The van der Waals surface area contributed by atoms with Crippen LogP contribution >= 0.6 is 11.3 Å². The first-order valence-corrected chi connectivity index (χ1v) is 26.4. The number of hydrazine groups is 2. The molecule has 0 spiro atoms. The van der Waals surface area contributed by atoms with Crippen molar-refractivity contribution >= 4 is 57.8 Å². The van der Waals surface area contributed by atoms with Gasteiger partial charge in [0.15, 0.2) is 5.82 Å². The fourth-order valence-electron chi connectivity index (χ4n) is 10.1. The van der Waals surface area contributed by atoms with E-state index in [0.29, 0.717) is 64.7 Å². The van der Waals surface area contributed by atoms with Gasteiger partial charge >= 0.3 is 12.4 Å². The number of pyridine rings is 2. The lowest BCUT2D eigenvalue weighted by Gasteiger charge is -2.34. The normalized spacial score (nSPS) is 17.8. The Morgan fingerprint density at radius 3 is 2.19 bits per heavy atom. The van der Waals surface area contributed by atoms with E-state index in [2.05, 4.69) is 41.9 Å². The number of carbonyl (C=O) groups excluding carboxylic acids is 2. The maximum absolute atomic E-state index is 15.5. The van der Waals surface area contributed by atoms with Crippen molar-refractivity contribution in [1.29, 1.82) is 0 Å². The number of benzene rings is 2. The number of methoxy groups -OCH3 is 1. The second-order valence-corrected chi connectivity index (χ2v) is 20.8. The molecule has 4 N–H and O–H groups in total. The molecule has 2 fully saturated rings. The topological polar surface area (TPSA) is 193 Å². The number of fused-ring (bicyclic) bond motifs is 1. The molecule has 5 aliphatic heterocycles. The van der Waals surface area contributed by atoms with Crippen LogP contribution in [0.3, 0.4) is 0 Å². The summed E-state index contributed by atoms with van der Waals surface area (Å²) in [7, 11) is 3.07. The minimum atomic E-state index is -5.04. The lowest BCUT2D eigenvalue weighted by atomic mass is 10.1. The number of aryl methyl sites for hydroxylation is 1. The Morgan fingerprint density at radius 1 is 0.802 bits per heavy atom. The van der Waals surface area contributed by atoms with Crippen molar-refractivity contribution in [3.63, 3.8) is 0 Å². The number of ether oxygens (including phenoxy) is 1. The third-order valence-corrected chi connectivity index (χ3v) is 15.2. The zero-order valence-corrected chi connectivity index (χ0v) is 44.7. The Balaban J connectivity index is 0.817. The first-order chi connectivity index (χ1) is 38.8. The van der Waals surface area contributed by atoms with Gasteiger partial charge in [0.05, 0.1) is 86.6 Å². The summed E-state index contributed by atoms with van der Waals surface area (Å²) in [5, 5.41) is 15.6. The number of rotatable bonds is 14. The van der Waals surface area contributed by atoms with E-state index in [9.17, 15) is 35.9 Å². The number of aromatic nitrogens is 6. The molecule has 28 heteroatoms. The van der Waals surface area contributed by atoms with Crippen molar-refractivity contribution in [1.82, 2.24) is 60.5 Å². The number of anilines is 4. The quantitative estimate of drug-likeness (QED) is 0.0761. The van der Waals surface area contributed by atoms with Gasteiger partial charge in [0.1, 0.15) is 23.3 Å². The van der Waals surface area contributed by atoms with E-state index in [1.165, 1.54) is 58.6 Å². The van der Waals surface area contributed by atoms with Crippen molar-refractivity contribution in [2.75, 3.05) is 74.0 Å². The van der Waals surface area contributed by atoms with Gasteiger partial charge in [-0.05, 0) is 83.2 Å². The van der Waals surface area contributed by atoms with Crippen molar-refractivity contribution in [2.24, 2.45) is 4.99 Å². The van der Waals surface area contributed by atoms with Gasteiger partial charge in [0.25, 0.3) is 11.8 Å². The summed E-state index contributed by atoms with van der Waals surface area (Å²) in [6.45, 7) is 7.04. The highest BCUT2D eigenvalue weighted by molar-refractivity contribution is 7.10. The lowest BCUT2D eigenvalue weighted by molar-refractivity contribution is -0.140. The van der Waals surface area contributed by atoms with E-state index >= 15 is 4.39 Å². The van der Waals surface area contributed by atoms with Gasteiger partial charge in [-0.2, -0.15) is 26.3 Å². The number of nitrogens with one attached hydrogen (secondary N) is 4. The second-order valence-electron chi connectivity index (χ2n) is 19.9. The predicted molar refractivity (Wildman–Crippen MR) is 287 cm³/mol. The van der Waals surface area contributed by atoms with Crippen molar-refractivity contribution in [3.05, 3.63) is 152 Å². The van der Waals surface area contributed by atoms with E-state index in [4.69, 9.17) is 14.7 Å². The number of alkyl halides is 6. The number of amides is 2. The monoisotopic (exact) mass is 1140 g/mol. The van der Waals surface area contributed by atoms with Crippen LogP contribution in [0.5, 0.6) is 5.75 Å². The van der Waals surface area contributed by atoms with E-state index in [-0.39, 0.29) is 60.1 Å². The Hall–Kier alpha value is -8.47. The largest absolute Gasteiger partial charge is 0.496 e. The van der Waals surface area contributed by atoms with Gasteiger partial charge in [-0.15, -0.1) is 22.0 Å². The SMILES string of the molecule is COc1c(CN2CCCC2)cc(NC(=O)c2cnc(C)c(-n3cc(C4C=NC5=CN(Cc6ncc(C(=O)Nc7cc(N8CCN(C)CC8)c(F)c(C(F)(F)F)c7)cc6N6C=C(c7cncs7)NN6)C(C)=CN54)nn3)c2)cc1C(F)(F)F. The number of hydrogen-bond donors (Lipinski definition) is 4. The van der Waals surface area contributed by atoms with Crippen molar-refractivity contribution in [3.8, 4) is 11.4 Å². The van der Waals surface area contributed by atoms with E-state index in [0.717, 1.165) is 42.6 Å². The molecular formula is C53H52F7N17O3S. The van der Waals surface area contributed by atoms with Crippen LogP contribution in [-0.4, -0.2) is 121 Å². The van der Waals surface area contributed by atoms with Crippen molar-refractivity contribution < 1.29 is 45.1 Å². The molecule has 9 heterocycles. The first kappa shape index (κ1) is 54.5. The van der Waals surface area contributed by atoms with Gasteiger partial charge in [-0.1, -0.05) is 5.21 Å². The average Bonchev–Trinajstić information content (AvgIpc) is 4.41. The molecule has 1 unspecified atom stereocenters. The van der Waals surface area contributed by atoms with Gasteiger partial charge in [0, 0.05) is 98.8 Å². The van der Waals surface area contributed by atoms with Crippen LogP contribution in [0.1, 0.15) is 85.2 Å². The second kappa shape index (κ2) is 21.9. The number of nitrogens with zero attached hydrogens (tertiary/aromatic N) is 13. The van der Waals surface area contributed by atoms with Crippen LogP contribution in [0.4, 0.5) is 53.5 Å². The molecule has 0 radical (unpaired) electrons. The van der Waals surface area contributed by atoms with Gasteiger partial charge in [0.2, 0.25) is 0 Å². The number of hydrogen-bond acceptors (Lipinski definition) is 18. The molecule has 20 nitrogen and oxygen atoms in total. The van der Waals surface area contributed by atoms with Crippen molar-refractivity contribution in [2.45, 2.75) is 58.2 Å². The zero-order valence-electron chi connectivity index (χ0n) is 43.9. The molecular weight excluding hydrogens is 1090 g/mol. The molecule has 0 aliphatic carbocycles. The van der Waals surface area contributed by atoms with Gasteiger partial charge < -0.3 is 40.4 Å². The Morgan fingerprint density at radius 2 is 1.49 bits per heavy atom. The summed E-state index contributed by atoms with van der Waals surface area (Å²) in [5.74, 6) is -2.64. The number of piperazine rings is 1. The minimum Gasteiger partial charge on any atom is -0.496 e. The molecule has 81 heavy (non-hydrogen) atoms. The molecule has 1 atom stereocenters. The summed E-state index contributed by atoms with van der Waals surface area (Å²) in [6.07, 6.45) is 5.20. The smallest absolute Gasteiger partial charge is 0.420 e.